The highest BCUT2D eigenvalue weighted by atomic mass is 16.5. The number of aliphatic hydroxyl groups excluding tert-OH is 3. The Bertz CT molecular complexity index is 679. The fourth-order valence-corrected chi connectivity index (χ4v) is 2.88. The van der Waals surface area contributed by atoms with Crippen molar-refractivity contribution in [3.63, 3.8) is 0 Å². The van der Waals surface area contributed by atoms with Crippen molar-refractivity contribution in [1.29, 1.82) is 0 Å². The maximum Gasteiger partial charge on any atom is 0.122 e. The van der Waals surface area contributed by atoms with Gasteiger partial charge in [-0.2, -0.15) is 0 Å². The van der Waals surface area contributed by atoms with E-state index in [0.717, 1.165) is 22.4 Å². The highest BCUT2D eigenvalue weighted by Gasteiger charge is 2.24. The first-order valence-electron chi connectivity index (χ1n) is 8.85. The Morgan fingerprint density at radius 2 is 1.38 bits per heavy atom. The zero-order valence-corrected chi connectivity index (χ0v) is 15.4. The van der Waals surface area contributed by atoms with Crippen LogP contribution in [0.15, 0.2) is 42.5 Å². The highest BCUT2D eigenvalue weighted by molar-refractivity contribution is 5.45. The first-order chi connectivity index (χ1) is 12.5. The first kappa shape index (κ1) is 20.2. The molecule has 0 heterocycles. The predicted molar refractivity (Wildman–Crippen MR) is 101 cm³/mol. The van der Waals surface area contributed by atoms with E-state index in [4.69, 9.17) is 19.7 Å². The zero-order chi connectivity index (χ0) is 19.0. The minimum absolute atomic E-state index is 0.00835. The van der Waals surface area contributed by atoms with E-state index in [1.165, 1.54) is 0 Å². The van der Waals surface area contributed by atoms with Crippen molar-refractivity contribution in [2.45, 2.75) is 25.7 Å². The van der Waals surface area contributed by atoms with Crippen LogP contribution in [0.25, 0.3) is 0 Å². The summed E-state index contributed by atoms with van der Waals surface area (Å²) in [5, 5.41) is 27.1. The third-order valence-electron chi connectivity index (χ3n) is 4.45. The van der Waals surface area contributed by atoms with Gasteiger partial charge in [0, 0.05) is 12.0 Å². The summed E-state index contributed by atoms with van der Waals surface area (Å²) < 4.78 is 11.0. The SMILES string of the molecule is CC(C)(c1ccc(OCCO)cc1)c1ccc(OCCO)c(CCO)c1. The smallest absolute Gasteiger partial charge is 0.122 e. The lowest BCUT2D eigenvalue weighted by atomic mass is 9.77. The molecular weight excluding hydrogens is 332 g/mol. The number of ether oxygens (including phenoxy) is 2. The summed E-state index contributed by atoms with van der Waals surface area (Å²) in [4.78, 5) is 0. The van der Waals surface area contributed by atoms with Gasteiger partial charge in [-0.3, -0.25) is 0 Å². The maximum atomic E-state index is 9.35. The van der Waals surface area contributed by atoms with E-state index in [1.54, 1.807) is 0 Å². The fraction of sp³-hybridized carbons (Fsp3) is 0.429. The second-order valence-corrected chi connectivity index (χ2v) is 6.59. The summed E-state index contributed by atoms with van der Waals surface area (Å²) in [5.41, 5.74) is 2.93. The highest BCUT2D eigenvalue weighted by Crippen LogP contribution is 2.35. The molecule has 2 aromatic carbocycles. The van der Waals surface area contributed by atoms with E-state index < -0.39 is 0 Å². The van der Waals surface area contributed by atoms with Crippen molar-refractivity contribution in [3.8, 4) is 11.5 Å². The van der Waals surface area contributed by atoms with E-state index in [9.17, 15) is 5.11 Å². The lowest BCUT2D eigenvalue weighted by molar-refractivity contribution is 0.199. The molecule has 0 bridgehead atoms. The number of rotatable bonds is 10. The molecule has 142 valence electrons. The Morgan fingerprint density at radius 1 is 0.769 bits per heavy atom. The molecule has 5 nitrogen and oxygen atoms in total. The monoisotopic (exact) mass is 360 g/mol. The molecule has 0 saturated heterocycles. The van der Waals surface area contributed by atoms with Crippen LogP contribution in [0.1, 0.15) is 30.5 Å². The average molecular weight is 360 g/mol. The molecule has 0 aromatic heterocycles. The van der Waals surface area contributed by atoms with Crippen LogP contribution >= 0.6 is 0 Å². The van der Waals surface area contributed by atoms with Crippen molar-refractivity contribution in [1.82, 2.24) is 0 Å². The third kappa shape index (κ3) is 4.97. The second-order valence-electron chi connectivity index (χ2n) is 6.59. The summed E-state index contributed by atoms with van der Waals surface area (Å²) in [6, 6.07) is 13.8. The molecule has 2 aromatic rings. The Labute approximate surface area is 154 Å². The Morgan fingerprint density at radius 3 is 2.00 bits per heavy atom. The van der Waals surface area contributed by atoms with E-state index >= 15 is 0 Å². The summed E-state index contributed by atoms with van der Waals surface area (Å²) in [6.45, 7) is 4.78. The molecule has 0 aliphatic carbocycles. The van der Waals surface area contributed by atoms with Crippen LogP contribution in [0.5, 0.6) is 11.5 Å². The lowest BCUT2D eigenvalue weighted by Crippen LogP contribution is -2.19. The summed E-state index contributed by atoms with van der Waals surface area (Å²) >= 11 is 0. The average Bonchev–Trinajstić information content (AvgIpc) is 2.66. The van der Waals surface area contributed by atoms with Gasteiger partial charge >= 0.3 is 0 Å². The number of aliphatic hydroxyl groups is 3. The molecule has 5 heteroatoms. The number of benzene rings is 2. The molecule has 0 unspecified atom stereocenters. The molecule has 0 aliphatic heterocycles. The van der Waals surface area contributed by atoms with E-state index in [-0.39, 0.29) is 38.4 Å². The van der Waals surface area contributed by atoms with Gasteiger partial charge in [-0.15, -0.1) is 0 Å². The van der Waals surface area contributed by atoms with E-state index in [2.05, 4.69) is 19.9 Å². The summed E-state index contributed by atoms with van der Waals surface area (Å²) in [7, 11) is 0. The van der Waals surface area contributed by atoms with E-state index in [0.29, 0.717) is 12.2 Å². The van der Waals surface area contributed by atoms with Crippen molar-refractivity contribution in [2.24, 2.45) is 0 Å². The van der Waals surface area contributed by atoms with Crippen LogP contribution in [-0.2, 0) is 11.8 Å². The molecule has 0 radical (unpaired) electrons. The minimum Gasteiger partial charge on any atom is -0.491 e. The van der Waals surface area contributed by atoms with Gasteiger partial charge in [0.1, 0.15) is 24.7 Å². The number of hydrogen-bond acceptors (Lipinski definition) is 5. The molecule has 3 N–H and O–H groups in total. The van der Waals surface area contributed by atoms with Crippen LogP contribution in [0.4, 0.5) is 0 Å². The normalized spacial score (nSPS) is 11.4. The van der Waals surface area contributed by atoms with Gasteiger partial charge in [0.25, 0.3) is 0 Å². The van der Waals surface area contributed by atoms with Gasteiger partial charge in [-0.1, -0.05) is 38.1 Å². The Balaban J connectivity index is 2.27. The van der Waals surface area contributed by atoms with Crippen LogP contribution in [0.2, 0.25) is 0 Å². The lowest BCUT2D eigenvalue weighted by Gasteiger charge is -2.27. The molecular formula is C21H28O5. The predicted octanol–water partition coefficient (Wildman–Crippen LogP) is 2.29. The van der Waals surface area contributed by atoms with Crippen molar-refractivity contribution < 1.29 is 24.8 Å². The Kier molecular flexibility index (Phi) is 7.45. The van der Waals surface area contributed by atoms with Crippen LogP contribution in [0, 0.1) is 0 Å². The van der Waals surface area contributed by atoms with Crippen LogP contribution in [-0.4, -0.2) is 48.4 Å². The molecule has 0 aliphatic rings. The molecule has 0 fully saturated rings. The van der Waals surface area contributed by atoms with Gasteiger partial charge in [-0.25, -0.2) is 0 Å². The standard InChI is InChI=1S/C21H28O5/c1-21(2,17-3-6-19(7-4-17)25-13-11-23)18-5-8-20(26-14-12-24)16(15-18)9-10-22/h3-8,15,22-24H,9-14H2,1-2H3. The Hall–Kier alpha value is -2.08. The van der Waals surface area contributed by atoms with Gasteiger partial charge in [0.15, 0.2) is 0 Å². The van der Waals surface area contributed by atoms with Crippen molar-refractivity contribution in [3.05, 3.63) is 59.2 Å². The van der Waals surface area contributed by atoms with E-state index in [1.807, 2.05) is 36.4 Å². The summed E-state index contributed by atoms with van der Waals surface area (Å²) in [5.74, 6) is 1.42. The van der Waals surface area contributed by atoms with Gasteiger partial charge in [0.2, 0.25) is 0 Å². The van der Waals surface area contributed by atoms with Gasteiger partial charge < -0.3 is 24.8 Å². The van der Waals surface area contributed by atoms with Gasteiger partial charge in [0.05, 0.1) is 13.2 Å². The quantitative estimate of drug-likeness (QED) is 0.606. The summed E-state index contributed by atoms with van der Waals surface area (Å²) in [6.07, 6.45) is 0.499. The van der Waals surface area contributed by atoms with Crippen LogP contribution in [0.3, 0.4) is 0 Å². The molecule has 0 amide bonds. The second kappa shape index (κ2) is 9.57. The van der Waals surface area contributed by atoms with Crippen molar-refractivity contribution in [2.75, 3.05) is 33.0 Å². The molecule has 0 saturated carbocycles. The number of hydrogen-bond donors (Lipinski definition) is 3. The van der Waals surface area contributed by atoms with Crippen LogP contribution < -0.4 is 9.47 Å². The largest absolute Gasteiger partial charge is 0.491 e. The van der Waals surface area contributed by atoms with Crippen molar-refractivity contribution >= 4 is 0 Å². The first-order valence-corrected chi connectivity index (χ1v) is 8.85. The molecule has 26 heavy (non-hydrogen) atoms. The zero-order valence-electron chi connectivity index (χ0n) is 15.4. The van der Waals surface area contributed by atoms with Gasteiger partial charge in [-0.05, 0) is 41.3 Å². The molecule has 0 spiro atoms. The third-order valence-corrected chi connectivity index (χ3v) is 4.45. The molecule has 0 atom stereocenters. The fourth-order valence-electron chi connectivity index (χ4n) is 2.88. The molecule has 2 rings (SSSR count). The maximum absolute atomic E-state index is 9.35. The minimum atomic E-state index is -0.241. The topological polar surface area (TPSA) is 79.2 Å².